The van der Waals surface area contributed by atoms with Gasteiger partial charge in [0.1, 0.15) is 6.61 Å². The second kappa shape index (κ2) is 2.77. The Morgan fingerprint density at radius 1 is 0.917 bits per heavy atom. The molecule has 0 rings (SSSR count). The summed E-state index contributed by atoms with van der Waals surface area (Å²) in [6.07, 6.45) is -12.0. The lowest BCUT2D eigenvalue weighted by atomic mass is 10.1. The summed E-state index contributed by atoms with van der Waals surface area (Å²) in [5.41, 5.74) is -5.14. The van der Waals surface area contributed by atoms with Crippen LogP contribution in [0.4, 0.5) is 26.3 Å². The summed E-state index contributed by atoms with van der Waals surface area (Å²) in [5.74, 6) is 0. The van der Waals surface area contributed by atoms with Crippen molar-refractivity contribution >= 4 is 0 Å². The molecule has 0 heterocycles. The minimum absolute atomic E-state index is 2.69. The van der Waals surface area contributed by atoms with Gasteiger partial charge in [-0.25, -0.2) is 5.11 Å². The van der Waals surface area contributed by atoms with E-state index in [0.29, 0.717) is 0 Å². The molecular weight excluding hydrogens is 194 g/mol. The van der Waals surface area contributed by atoms with E-state index in [2.05, 4.69) is 0 Å². The third-order valence-electron chi connectivity index (χ3n) is 1.15. The molecule has 1 N–H and O–H groups in total. The van der Waals surface area contributed by atoms with E-state index in [4.69, 9.17) is 5.11 Å². The van der Waals surface area contributed by atoms with Crippen LogP contribution in [0.1, 0.15) is 0 Å². The molecule has 1 radical (unpaired) electrons. The van der Waals surface area contributed by atoms with Crippen molar-refractivity contribution in [1.29, 1.82) is 0 Å². The highest BCUT2D eigenvalue weighted by Gasteiger charge is 2.70. The van der Waals surface area contributed by atoms with Crippen LogP contribution < -0.4 is 0 Å². The maximum atomic E-state index is 11.4. The van der Waals surface area contributed by atoms with Gasteiger partial charge in [0.15, 0.2) is 0 Å². The molecule has 0 atom stereocenters. The summed E-state index contributed by atoms with van der Waals surface area (Å²) in [4.78, 5) is 0. The Balaban J connectivity index is 4.95. The fraction of sp³-hybridized carbons (Fsp3) is 1.00. The topological polar surface area (TPSA) is 40.1 Å². The molecule has 0 fully saturated rings. The Morgan fingerprint density at radius 3 is 1.17 bits per heavy atom. The standard InChI is InChI=1S/C4H3F6O2/c5-3(6,7)2(12,1-11)4(8,9)10/h12H,1H2. The first-order valence-corrected chi connectivity index (χ1v) is 2.50. The molecule has 0 aromatic heterocycles. The van der Waals surface area contributed by atoms with E-state index in [1.165, 1.54) is 0 Å². The molecule has 0 spiro atoms. The Labute approximate surface area is 62.4 Å². The SMILES string of the molecule is [O]CC(O)(C(F)(F)F)C(F)(F)F. The average Bonchev–Trinajstić information content (AvgIpc) is 1.81. The van der Waals surface area contributed by atoms with Crippen LogP contribution in [0.25, 0.3) is 0 Å². The zero-order chi connectivity index (χ0) is 10.2. The molecule has 0 aromatic rings. The van der Waals surface area contributed by atoms with Gasteiger partial charge < -0.3 is 5.11 Å². The number of hydrogen-bond donors (Lipinski definition) is 1. The normalized spacial score (nSPS) is 15.0. The van der Waals surface area contributed by atoms with E-state index in [-0.39, 0.29) is 0 Å². The highest BCUT2D eigenvalue weighted by atomic mass is 19.4. The minimum Gasteiger partial charge on any atom is -0.372 e. The number of aliphatic hydroxyl groups is 1. The third kappa shape index (κ3) is 1.63. The Bertz CT molecular complexity index is 144. The lowest BCUT2D eigenvalue weighted by Crippen LogP contribution is -2.59. The molecule has 2 nitrogen and oxygen atoms in total. The van der Waals surface area contributed by atoms with Gasteiger partial charge in [-0.05, 0) is 0 Å². The maximum Gasteiger partial charge on any atom is 0.428 e. The first-order chi connectivity index (χ1) is 5.06. The van der Waals surface area contributed by atoms with Gasteiger partial charge in [-0.15, -0.1) is 0 Å². The zero-order valence-corrected chi connectivity index (χ0v) is 5.33. The summed E-state index contributed by atoms with van der Waals surface area (Å²) in [6, 6.07) is 0. The van der Waals surface area contributed by atoms with Crippen LogP contribution in [-0.4, -0.2) is 29.7 Å². The minimum atomic E-state index is -5.99. The van der Waals surface area contributed by atoms with E-state index in [1.54, 1.807) is 0 Å². The molecule has 0 aromatic carbocycles. The van der Waals surface area contributed by atoms with E-state index in [9.17, 15) is 31.4 Å². The molecule has 0 aliphatic carbocycles. The van der Waals surface area contributed by atoms with Crippen molar-refractivity contribution in [3.8, 4) is 0 Å². The van der Waals surface area contributed by atoms with Crippen LogP contribution in [-0.2, 0) is 5.11 Å². The molecule has 0 aliphatic rings. The molecule has 73 valence electrons. The fourth-order valence-electron chi connectivity index (χ4n) is 0.324. The van der Waals surface area contributed by atoms with E-state index in [1.807, 2.05) is 0 Å². The molecule has 0 amide bonds. The first-order valence-electron chi connectivity index (χ1n) is 2.50. The summed E-state index contributed by atoms with van der Waals surface area (Å²) >= 11 is 0. The van der Waals surface area contributed by atoms with Gasteiger partial charge in [-0.2, -0.15) is 26.3 Å². The molecule has 8 heteroatoms. The molecular formula is C4H3F6O2. The molecule has 0 saturated heterocycles. The van der Waals surface area contributed by atoms with Crippen LogP contribution >= 0.6 is 0 Å². The summed E-state index contributed by atoms with van der Waals surface area (Å²) in [5, 5.41) is 17.5. The lowest BCUT2D eigenvalue weighted by molar-refractivity contribution is -0.378. The van der Waals surface area contributed by atoms with Crippen molar-refractivity contribution in [3.05, 3.63) is 0 Å². The molecule has 0 saturated carbocycles. The van der Waals surface area contributed by atoms with Gasteiger partial charge in [-0.1, -0.05) is 0 Å². The van der Waals surface area contributed by atoms with E-state index in [0.717, 1.165) is 0 Å². The van der Waals surface area contributed by atoms with Gasteiger partial charge in [0.25, 0.3) is 5.60 Å². The number of hydrogen-bond acceptors (Lipinski definition) is 1. The molecule has 0 unspecified atom stereocenters. The number of alkyl halides is 6. The monoisotopic (exact) mass is 197 g/mol. The quantitative estimate of drug-likeness (QED) is 0.631. The van der Waals surface area contributed by atoms with Crippen molar-refractivity contribution in [2.75, 3.05) is 6.61 Å². The van der Waals surface area contributed by atoms with Crippen LogP contribution in [0.3, 0.4) is 0 Å². The average molecular weight is 197 g/mol. The summed E-state index contributed by atoms with van der Waals surface area (Å²) in [7, 11) is 0. The molecule has 0 aliphatic heterocycles. The second-order valence-electron chi connectivity index (χ2n) is 2.00. The van der Waals surface area contributed by atoms with Gasteiger partial charge in [0.05, 0.1) is 0 Å². The number of halogens is 6. The molecule has 12 heavy (non-hydrogen) atoms. The van der Waals surface area contributed by atoms with Gasteiger partial charge >= 0.3 is 12.4 Å². The smallest absolute Gasteiger partial charge is 0.372 e. The van der Waals surface area contributed by atoms with Crippen molar-refractivity contribution < 1.29 is 36.6 Å². The van der Waals surface area contributed by atoms with E-state index < -0.39 is 24.6 Å². The predicted molar refractivity (Wildman–Crippen MR) is 22.6 cm³/mol. The third-order valence-corrected chi connectivity index (χ3v) is 1.15. The van der Waals surface area contributed by atoms with Crippen molar-refractivity contribution in [1.82, 2.24) is 0 Å². The number of rotatable bonds is 1. The van der Waals surface area contributed by atoms with Gasteiger partial charge in [0, 0.05) is 0 Å². The van der Waals surface area contributed by atoms with E-state index >= 15 is 0 Å². The Hall–Kier alpha value is -0.500. The second-order valence-corrected chi connectivity index (χ2v) is 2.00. The van der Waals surface area contributed by atoms with Crippen molar-refractivity contribution in [2.45, 2.75) is 18.0 Å². The first kappa shape index (κ1) is 11.5. The highest BCUT2D eigenvalue weighted by molar-refractivity contribution is 4.92. The highest BCUT2D eigenvalue weighted by Crippen LogP contribution is 2.42. The van der Waals surface area contributed by atoms with Crippen LogP contribution in [0, 0.1) is 0 Å². The summed E-state index contributed by atoms with van der Waals surface area (Å²) in [6.45, 7) is -2.69. The Morgan fingerprint density at radius 2 is 1.17 bits per heavy atom. The van der Waals surface area contributed by atoms with Gasteiger partial charge in [-0.3, -0.25) is 0 Å². The fourth-order valence-corrected chi connectivity index (χ4v) is 0.324. The van der Waals surface area contributed by atoms with Crippen LogP contribution in [0.5, 0.6) is 0 Å². The Kier molecular flexibility index (Phi) is 2.65. The largest absolute Gasteiger partial charge is 0.428 e. The lowest BCUT2D eigenvalue weighted by Gasteiger charge is -2.29. The molecule has 0 bridgehead atoms. The predicted octanol–water partition coefficient (Wildman–Crippen LogP) is 1.27. The maximum absolute atomic E-state index is 11.4. The zero-order valence-electron chi connectivity index (χ0n) is 5.33. The van der Waals surface area contributed by atoms with Crippen molar-refractivity contribution in [2.24, 2.45) is 0 Å². The van der Waals surface area contributed by atoms with Crippen molar-refractivity contribution in [3.63, 3.8) is 0 Å². The van der Waals surface area contributed by atoms with Gasteiger partial charge in [0.2, 0.25) is 0 Å². The van der Waals surface area contributed by atoms with Crippen LogP contribution in [0.2, 0.25) is 0 Å². The van der Waals surface area contributed by atoms with Crippen LogP contribution in [0.15, 0.2) is 0 Å². The summed E-state index contributed by atoms with van der Waals surface area (Å²) < 4.78 is 68.6.